The van der Waals surface area contributed by atoms with Gasteiger partial charge in [-0.05, 0) is 48.0 Å². The van der Waals surface area contributed by atoms with E-state index in [1.165, 1.54) is 23.9 Å². The quantitative estimate of drug-likeness (QED) is 0.637. The van der Waals surface area contributed by atoms with Crippen molar-refractivity contribution in [3.8, 4) is 6.07 Å². The van der Waals surface area contributed by atoms with Crippen molar-refractivity contribution in [3.63, 3.8) is 0 Å². The lowest BCUT2D eigenvalue weighted by Crippen LogP contribution is -2.14. The van der Waals surface area contributed by atoms with Crippen LogP contribution < -0.4 is 5.32 Å². The van der Waals surface area contributed by atoms with Gasteiger partial charge in [0.2, 0.25) is 11.1 Å². The molecule has 0 spiro atoms. The average molecular weight is 379 g/mol. The fourth-order valence-electron chi connectivity index (χ4n) is 2.10. The Hall–Kier alpha value is -3.44. The number of nitrogens with one attached hydrogen (secondary N) is 2. The number of H-pyrrole nitrogens is 1. The molecule has 3 rings (SSSR count). The molecule has 0 aliphatic rings. The molecular formula is C19H14FN5OS. The molecule has 6 nitrogen and oxygen atoms in total. The summed E-state index contributed by atoms with van der Waals surface area (Å²) in [5.41, 5.74) is 1.99. The van der Waals surface area contributed by atoms with E-state index in [1.54, 1.807) is 48.6 Å². The summed E-state index contributed by atoms with van der Waals surface area (Å²) >= 11 is 1.20. The summed E-state index contributed by atoms with van der Waals surface area (Å²) < 4.78 is 12.9. The van der Waals surface area contributed by atoms with Crippen LogP contribution in [0.3, 0.4) is 0 Å². The zero-order valence-corrected chi connectivity index (χ0v) is 14.8. The summed E-state index contributed by atoms with van der Waals surface area (Å²) in [7, 11) is 0. The first-order chi connectivity index (χ1) is 13.1. The second-order valence-corrected chi connectivity index (χ2v) is 6.36. The molecule has 134 valence electrons. The molecule has 1 amide bonds. The van der Waals surface area contributed by atoms with Gasteiger partial charge in [0.15, 0.2) is 0 Å². The first-order valence-electron chi connectivity index (χ1n) is 7.91. The maximum atomic E-state index is 12.9. The molecule has 0 fully saturated rings. The Balaban J connectivity index is 1.50. The number of carbonyl (C=O) groups excluding carboxylic acids is 1. The first kappa shape index (κ1) is 18.4. The maximum Gasteiger partial charge on any atom is 0.234 e. The van der Waals surface area contributed by atoms with Gasteiger partial charge in [0.25, 0.3) is 0 Å². The number of rotatable bonds is 6. The van der Waals surface area contributed by atoms with Gasteiger partial charge in [-0.25, -0.2) is 9.37 Å². The summed E-state index contributed by atoms with van der Waals surface area (Å²) in [6, 6.07) is 14.7. The largest absolute Gasteiger partial charge is 0.325 e. The Labute approximate surface area is 159 Å². The number of nitriles is 1. The van der Waals surface area contributed by atoms with Crippen LogP contribution in [0.25, 0.3) is 12.2 Å². The normalized spacial score (nSPS) is 10.7. The minimum Gasteiger partial charge on any atom is -0.325 e. The Kier molecular flexibility index (Phi) is 5.97. The highest BCUT2D eigenvalue weighted by molar-refractivity contribution is 7.99. The molecule has 0 unspecified atom stereocenters. The molecular weight excluding hydrogens is 365 g/mol. The molecule has 0 bridgehead atoms. The van der Waals surface area contributed by atoms with Crippen LogP contribution in [0.1, 0.15) is 17.0 Å². The van der Waals surface area contributed by atoms with Crippen molar-refractivity contribution in [1.82, 2.24) is 15.2 Å². The van der Waals surface area contributed by atoms with Crippen LogP contribution in [0.4, 0.5) is 10.1 Å². The number of halogens is 1. The van der Waals surface area contributed by atoms with Gasteiger partial charge in [0.05, 0.1) is 17.4 Å². The van der Waals surface area contributed by atoms with E-state index < -0.39 is 0 Å². The van der Waals surface area contributed by atoms with Crippen molar-refractivity contribution < 1.29 is 9.18 Å². The fraction of sp³-hybridized carbons (Fsp3) is 0.0526. The number of carbonyl (C=O) groups is 1. The number of nitrogens with zero attached hydrogens (tertiary/aromatic N) is 3. The Morgan fingerprint density at radius 1 is 1.19 bits per heavy atom. The van der Waals surface area contributed by atoms with Gasteiger partial charge in [-0.15, -0.1) is 5.10 Å². The van der Waals surface area contributed by atoms with Gasteiger partial charge in [0.1, 0.15) is 11.6 Å². The van der Waals surface area contributed by atoms with Gasteiger partial charge < -0.3 is 5.32 Å². The van der Waals surface area contributed by atoms with E-state index in [0.29, 0.717) is 22.2 Å². The van der Waals surface area contributed by atoms with Gasteiger partial charge in [-0.1, -0.05) is 30.0 Å². The number of hydrogen-bond acceptors (Lipinski definition) is 5. The van der Waals surface area contributed by atoms with Gasteiger partial charge in [-0.3, -0.25) is 9.89 Å². The van der Waals surface area contributed by atoms with E-state index in [-0.39, 0.29) is 17.5 Å². The van der Waals surface area contributed by atoms with E-state index in [1.807, 2.05) is 6.07 Å². The highest BCUT2D eigenvalue weighted by atomic mass is 32.2. The third-order valence-corrected chi connectivity index (χ3v) is 4.26. The monoisotopic (exact) mass is 379 g/mol. The molecule has 1 aromatic heterocycles. The summed E-state index contributed by atoms with van der Waals surface area (Å²) in [6.45, 7) is 0. The zero-order chi connectivity index (χ0) is 19.1. The van der Waals surface area contributed by atoms with Crippen LogP contribution in [0.5, 0.6) is 0 Å². The smallest absolute Gasteiger partial charge is 0.234 e. The summed E-state index contributed by atoms with van der Waals surface area (Å²) in [5.74, 6) is 0.205. The summed E-state index contributed by atoms with van der Waals surface area (Å²) in [4.78, 5) is 16.2. The molecule has 0 aliphatic heterocycles. The Morgan fingerprint density at radius 3 is 2.63 bits per heavy atom. The molecule has 0 saturated carbocycles. The van der Waals surface area contributed by atoms with Crippen LogP contribution in [0.2, 0.25) is 0 Å². The number of aromatic nitrogens is 3. The van der Waals surface area contributed by atoms with Crippen molar-refractivity contribution in [2.75, 3.05) is 11.1 Å². The van der Waals surface area contributed by atoms with Crippen LogP contribution >= 0.6 is 11.8 Å². The maximum absolute atomic E-state index is 12.9. The SMILES string of the molecule is N#Cc1ccc(NC(=O)CSc2n[nH]c(/C=C/c3ccc(F)cc3)n2)cc1. The molecule has 0 radical (unpaired) electrons. The van der Waals surface area contributed by atoms with Crippen molar-refractivity contribution in [2.45, 2.75) is 5.16 Å². The Bertz CT molecular complexity index is 990. The highest BCUT2D eigenvalue weighted by Gasteiger charge is 2.07. The number of aromatic amines is 1. The van der Waals surface area contributed by atoms with Crippen LogP contribution in [0, 0.1) is 17.1 Å². The third-order valence-electron chi connectivity index (χ3n) is 3.42. The molecule has 2 aromatic carbocycles. The molecule has 3 aromatic rings. The minimum atomic E-state index is -0.287. The summed E-state index contributed by atoms with van der Waals surface area (Å²) in [6.07, 6.45) is 3.51. The Morgan fingerprint density at radius 2 is 1.93 bits per heavy atom. The molecule has 0 aliphatic carbocycles. The number of thioether (sulfide) groups is 1. The van der Waals surface area contributed by atoms with Crippen molar-refractivity contribution in [3.05, 3.63) is 71.3 Å². The van der Waals surface area contributed by atoms with Crippen LogP contribution in [-0.2, 0) is 4.79 Å². The molecule has 2 N–H and O–H groups in total. The number of amides is 1. The lowest BCUT2D eigenvalue weighted by molar-refractivity contribution is -0.113. The molecule has 8 heteroatoms. The van der Waals surface area contributed by atoms with E-state index in [4.69, 9.17) is 5.26 Å². The lowest BCUT2D eigenvalue weighted by Gasteiger charge is -2.03. The second kappa shape index (κ2) is 8.78. The van der Waals surface area contributed by atoms with Crippen molar-refractivity contribution >= 4 is 35.5 Å². The van der Waals surface area contributed by atoms with E-state index >= 15 is 0 Å². The predicted molar refractivity (Wildman–Crippen MR) is 102 cm³/mol. The molecule has 1 heterocycles. The summed E-state index contributed by atoms with van der Waals surface area (Å²) in [5, 5.41) is 18.8. The third kappa shape index (κ3) is 5.52. The van der Waals surface area contributed by atoms with E-state index in [0.717, 1.165) is 5.56 Å². The van der Waals surface area contributed by atoms with Gasteiger partial charge >= 0.3 is 0 Å². The average Bonchev–Trinajstić information content (AvgIpc) is 3.14. The topological polar surface area (TPSA) is 94.5 Å². The predicted octanol–water partition coefficient (Wildman–Crippen LogP) is 3.72. The van der Waals surface area contributed by atoms with Crippen molar-refractivity contribution in [1.29, 1.82) is 5.26 Å². The lowest BCUT2D eigenvalue weighted by atomic mass is 10.2. The fourth-order valence-corrected chi connectivity index (χ4v) is 2.71. The first-order valence-corrected chi connectivity index (χ1v) is 8.90. The molecule has 27 heavy (non-hydrogen) atoms. The molecule has 0 saturated heterocycles. The van der Waals surface area contributed by atoms with Crippen molar-refractivity contribution in [2.24, 2.45) is 0 Å². The van der Waals surface area contributed by atoms with E-state index in [9.17, 15) is 9.18 Å². The zero-order valence-electron chi connectivity index (χ0n) is 14.0. The number of anilines is 1. The van der Waals surface area contributed by atoms with Gasteiger partial charge in [-0.2, -0.15) is 5.26 Å². The standard InChI is InChI=1S/C19H14FN5OS/c20-15-6-1-13(2-7-15)5-10-17-23-19(25-24-17)27-12-18(26)22-16-8-3-14(11-21)4-9-16/h1-10H,12H2,(H,22,26)(H,23,24,25)/b10-5+. The van der Waals surface area contributed by atoms with Crippen LogP contribution in [0.15, 0.2) is 53.7 Å². The van der Waals surface area contributed by atoms with E-state index in [2.05, 4.69) is 20.5 Å². The minimum absolute atomic E-state index is 0.152. The highest BCUT2D eigenvalue weighted by Crippen LogP contribution is 2.15. The second-order valence-electron chi connectivity index (χ2n) is 5.41. The number of benzene rings is 2. The van der Waals surface area contributed by atoms with Crippen LogP contribution in [-0.4, -0.2) is 26.8 Å². The number of hydrogen-bond donors (Lipinski definition) is 2. The molecule has 0 atom stereocenters. The van der Waals surface area contributed by atoms with Gasteiger partial charge in [0, 0.05) is 5.69 Å².